The van der Waals surface area contributed by atoms with Crippen molar-refractivity contribution < 1.29 is 9.69 Å². The van der Waals surface area contributed by atoms with Gasteiger partial charge in [-0.2, -0.15) is 0 Å². The van der Waals surface area contributed by atoms with Crippen molar-refractivity contribution in [2.75, 3.05) is 26.2 Å². The molecule has 2 rings (SSSR count). The third kappa shape index (κ3) is 2.83. The first kappa shape index (κ1) is 11.6. The van der Waals surface area contributed by atoms with E-state index in [2.05, 4.69) is 34.1 Å². The molecule has 1 fully saturated rings. The van der Waals surface area contributed by atoms with Gasteiger partial charge >= 0.3 is 0 Å². The van der Waals surface area contributed by atoms with Gasteiger partial charge in [0.15, 0.2) is 0 Å². The summed E-state index contributed by atoms with van der Waals surface area (Å²) in [5.41, 5.74) is 1.34. The van der Waals surface area contributed by atoms with E-state index in [1.165, 1.54) is 10.0 Å². The van der Waals surface area contributed by atoms with Crippen LogP contribution in [0.25, 0.3) is 0 Å². The summed E-state index contributed by atoms with van der Waals surface area (Å²) in [5, 5.41) is 0. The summed E-state index contributed by atoms with van der Waals surface area (Å²) in [6, 6.07) is 8.34. The second kappa shape index (κ2) is 5.46. The van der Waals surface area contributed by atoms with Crippen LogP contribution < -0.4 is 4.90 Å². The van der Waals surface area contributed by atoms with Gasteiger partial charge in [-0.15, -0.1) is 0 Å². The third-order valence-corrected chi connectivity index (χ3v) is 3.83. The molecular formula is C12H16BrN2O+. The van der Waals surface area contributed by atoms with Gasteiger partial charge in [0.1, 0.15) is 6.54 Å². The van der Waals surface area contributed by atoms with Crippen LogP contribution in [0.1, 0.15) is 5.56 Å². The predicted octanol–water partition coefficient (Wildman–Crippen LogP) is 0.306. The molecule has 16 heavy (non-hydrogen) atoms. The highest BCUT2D eigenvalue weighted by Crippen LogP contribution is 2.14. The lowest BCUT2D eigenvalue weighted by molar-refractivity contribution is -0.917. The Labute approximate surface area is 104 Å². The molecule has 1 saturated heterocycles. The maximum Gasteiger partial charge on any atom is 0.210 e. The molecule has 1 aromatic rings. The van der Waals surface area contributed by atoms with Crippen molar-refractivity contribution in [3.05, 3.63) is 34.3 Å². The van der Waals surface area contributed by atoms with E-state index in [0.29, 0.717) is 0 Å². The van der Waals surface area contributed by atoms with E-state index in [1.54, 1.807) is 4.90 Å². The molecule has 1 aromatic carbocycles. The number of piperazine rings is 1. The molecule has 0 aromatic heterocycles. The van der Waals surface area contributed by atoms with E-state index >= 15 is 0 Å². The summed E-state index contributed by atoms with van der Waals surface area (Å²) in [4.78, 5) is 14.0. The van der Waals surface area contributed by atoms with Crippen LogP contribution in [-0.4, -0.2) is 37.5 Å². The summed E-state index contributed by atoms with van der Waals surface area (Å²) < 4.78 is 1.18. The van der Waals surface area contributed by atoms with Crippen molar-refractivity contribution in [3.63, 3.8) is 0 Å². The molecule has 0 bridgehead atoms. The van der Waals surface area contributed by atoms with Crippen LogP contribution in [0.5, 0.6) is 0 Å². The van der Waals surface area contributed by atoms with Crippen molar-refractivity contribution >= 4 is 22.3 Å². The average molecular weight is 284 g/mol. The molecule has 0 saturated carbocycles. The van der Waals surface area contributed by atoms with Gasteiger partial charge in [0.05, 0.1) is 26.2 Å². The fourth-order valence-corrected chi connectivity index (χ4v) is 2.46. The SMILES string of the molecule is O=CN1CC[NH+](Cc2ccccc2Br)CC1. The number of nitrogens with zero attached hydrogens (tertiary/aromatic N) is 1. The third-order valence-electron chi connectivity index (χ3n) is 3.05. The minimum absolute atomic E-state index is 0.878. The molecule has 1 heterocycles. The molecule has 1 aliphatic rings. The number of amides is 1. The molecule has 86 valence electrons. The van der Waals surface area contributed by atoms with E-state index in [1.807, 2.05) is 11.0 Å². The smallest absolute Gasteiger partial charge is 0.210 e. The molecule has 0 spiro atoms. The predicted molar refractivity (Wildman–Crippen MR) is 66.2 cm³/mol. The number of rotatable bonds is 3. The zero-order valence-electron chi connectivity index (χ0n) is 9.16. The van der Waals surface area contributed by atoms with Crippen LogP contribution in [0.2, 0.25) is 0 Å². The number of carbonyl (C=O) groups is 1. The maximum atomic E-state index is 10.6. The summed E-state index contributed by atoms with van der Waals surface area (Å²) in [6.07, 6.45) is 0.954. The van der Waals surface area contributed by atoms with Gasteiger partial charge in [0.25, 0.3) is 0 Å². The van der Waals surface area contributed by atoms with E-state index in [0.717, 1.165) is 39.1 Å². The van der Waals surface area contributed by atoms with Crippen molar-refractivity contribution in [2.24, 2.45) is 0 Å². The summed E-state index contributed by atoms with van der Waals surface area (Å²) in [5.74, 6) is 0. The number of nitrogens with one attached hydrogen (secondary N) is 1. The first-order chi connectivity index (χ1) is 7.79. The second-order valence-electron chi connectivity index (χ2n) is 4.16. The van der Waals surface area contributed by atoms with Crippen LogP contribution in [0, 0.1) is 0 Å². The van der Waals surface area contributed by atoms with E-state index < -0.39 is 0 Å². The van der Waals surface area contributed by atoms with Crippen LogP contribution >= 0.6 is 15.9 Å². The highest BCUT2D eigenvalue weighted by atomic mass is 79.9. The van der Waals surface area contributed by atoms with E-state index in [-0.39, 0.29) is 0 Å². The van der Waals surface area contributed by atoms with Crippen LogP contribution in [0.15, 0.2) is 28.7 Å². The lowest BCUT2D eigenvalue weighted by Gasteiger charge is -2.29. The summed E-state index contributed by atoms with van der Waals surface area (Å²) >= 11 is 3.57. The zero-order chi connectivity index (χ0) is 11.4. The summed E-state index contributed by atoms with van der Waals surface area (Å²) in [6.45, 7) is 4.88. The van der Waals surface area contributed by atoms with E-state index in [9.17, 15) is 4.79 Å². The molecular weight excluding hydrogens is 268 g/mol. The fraction of sp³-hybridized carbons (Fsp3) is 0.417. The fourth-order valence-electron chi connectivity index (χ4n) is 2.03. The number of quaternary nitrogens is 1. The van der Waals surface area contributed by atoms with Gasteiger partial charge in [-0.25, -0.2) is 0 Å². The monoisotopic (exact) mass is 283 g/mol. The first-order valence-corrected chi connectivity index (χ1v) is 6.35. The van der Waals surface area contributed by atoms with Crippen molar-refractivity contribution in [1.82, 2.24) is 4.90 Å². The van der Waals surface area contributed by atoms with Gasteiger partial charge in [-0.05, 0) is 6.07 Å². The minimum Gasteiger partial charge on any atom is -0.334 e. The minimum atomic E-state index is 0.878. The highest BCUT2D eigenvalue weighted by molar-refractivity contribution is 9.10. The quantitative estimate of drug-likeness (QED) is 0.794. The number of benzene rings is 1. The normalized spacial score (nSPS) is 17.4. The molecule has 1 amide bonds. The zero-order valence-corrected chi connectivity index (χ0v) is 10.7. The maximum absolute atomic E-state index is 10.6. The van der Waals surface area contributed by atoms with Gasteiger partial charge in [0, 0.05) is 10.0 Å². The molecule has 3 nitrogen and oxygen atoms in total. The molecule has 4 heteroatoms. The Morgan fingerprint density at radius 1 is 1.31 bits per heavy atom. The van der Waals surface area contributed by atoms with Crippen molar-refractivity contribution in [1.29, 1.82) is 0 Å². The first-order valence-electron chi connectivity index (χ1n) is 5.56. The van der Waals surface area contributed by atoms with Crippen molar-refractivity contribution in [3.8, 4) is 0 Å². The summed E-state index contributed by atoms with van der Waals surface area (Å²) in [7, 11) is 0. The Hall–Kier alpha value is -0.870. The molecule has 0 aliphatic carbocycles. The molecule has 0 radical (unpaired) electrons. The standard InChI is InChI=1S/C12H15BrN2O/c13-12-4-2-1-3-11(12)9-14-5-7-15(10-16)8-6-14/h1-4,10H,5-9H2/p+1. The van der Waals surface area contributed by atoms with Crippen molar-refractivity contribution in [2.45, 2.75) is 6.54 Å². The number of hydrogen-bond acceptors (Lipinski definition) is 1. The van der Waals surface area contributed by atoms with Crippen LogP contribution in [-0.2, 0) is 11.3 Å². The lowest BCUT2D eigenvalue weighted by atomic mass is 10.2. The van der Waals surface area contributed by atoms with Gasteiger partial charge in [0.2, 0.25) is 6.41 Å². The Morgan fingerprint density at radius 3 is 2.62 bits per heavy atom. The molecule has 1 N–H and O–H groups in total. The largest absolute Gasteiger partial charge is 0.334 e. The van der Waals surface area contributed by atoms with Gasteiger partial charge < -0.3 is 9.80 Å². The molecule has 0 unspecified atom stereocenters. The molecule has 0 atom stereocenters. The Morgan fingerprint density at radius 2 is 2.00 bits per heavy atom. The Bertz CT molecular complexity index is 362. The number of carbonyl (C=O) groups excluding carboxylic acids is 1. The average Bonchev–Trinajstić information content (AvgIpc) is 2.33. The van der Waals surface area contributed by atoms with Gasteiger partial charge in [-0.1, -0.05) is 34.1 Å². The Kier molecular flexibility index (Phi) is 3.96. The Balaban J connectivity index is 1.92. The molecule has 1 aliphatic heterocycles. The van der Waals surface area contributed by atoms with E-state index in [4.69, 9.17) is 0 Å². The number of halogens is 1. The second-order valence-corrected chi connectivity index (χ2v) is 5.01. The number of hydrogen-bond donors (Lipinski definition) is 1. The van der Waals surface area contributed by atoms with Crippen LogP contribution in [0.3, 0.4) is 0 Å². The van der Waals surface area contributed by atoms with Gasteiger partial charge in [-0.3, -0.25) is 4.79 Å². The highest BCUT2D eigenvalue weighted by Gasteiger charge is 2.19. The topological polar surface area (TPSA) is 24.8 Å². The van der Waals surface area contributed by atoms with Crippen LogP contribution in [0.4, 0.5) is 0 Å². The lowest BCUT2D eigenvalue weighted by Crippen LogP contribution is -3.13.